The van der Waals surface area contributed by atoms with Crippen molar-refractivity contribution in [3.8, 4) is 16.3 Å². The highest BCUT2D eigenvalue weighted by Gasteiger charge is 2.13. The van der Waals surface area contributed by atoms with Crippen molar-refractivity contribution in [3.05, 3.63) is 70.7 Å². The number of carbonyl (C=O) groups is 1. The third-order valence-corrected chi connectivity index (χ3v) is 5.23. The molecular weight excluding hydrogens is 391 g/mol. The largest absolute Gasteiger partial charge is 0.323 e. The molecule has 0 saturated heterocycles. The molecule has 0 aliphatic rings. The first-order valence-corrected chi connectivity index (χ1v) is 9.74. The van der Waals surface area contributed by atoms with Crippen molar-refractivity contribution < 1.29 is 9.18 Å². The van der Waals surface area contributed by atoms with Crippen LogP contribution in [0.25, 0.3) is 16.3 Å². The van der Waals surface area contributed by atoms with E-state index in [1.165, 1.54) is 33.7 Å². The fraction of sp³-hybridized carbons (Fsp3) is 0.150. The number of halogens is 1. The van der Waals surface area contributed by atoms with Gasteiger partial charge in [-0.3, -0.25) is 4.79 Å². The highest BCUT2D eigenvalue weighted by Crippen LogP contribution is 2.25. The Bertz CT molecular complexity index is 1170. The zero-order valence-corrected chi connectivity index (χ0v) is 16.6. The van der Waals surface area contributed by atoms with Crippen LogP contribution in [0.3, 0.4) is 0 Å². The Morgan fingerprint density at radius 3 is 2.69 bits per heavy atom. The summed E-state index contributed by atoms with van der Waals surface area (Å²) in [7, 11) is 0. The van der Waals surface area contributed by atoms with Crippen LogP contribution in [0.5, 0.6) is 0 Å². The molecule has 2 heterocycles. The zero-order chi connectivity index (χ0) is 20.4. The van der Waals surface area contributed by atoms with E-state index in [9.17, 15) is 9.18 Å². The Morgan fingerprint density at radius 1 is 1.17 bits per heavy atom. The maximum atomic E-state index is 14.2. The van der Waals surface area contributed by atoms with E-state index in [1.807, 2.05) is 36.6 Å². The fourth-order valence-corrected chi connectivity index (χ4v) is 3.61. The molecule has 2 aromatic heterocycles. The maximum absolute atomic E-state index is 14.2. The first-order valence-electron chi connectivity index (χ1n) is 8.86. The third-order valence-electron chi connectivity index (χ3n) is 4.29. The zero-order valence-electron chi connectivity index (χ0n) is 15.8. The number of aryl methyl sites for hydroxylation is 2. The number of carbonyl (C=O) groups excluding carboxylic acids is 1. The van der Waals surface area contributed by atoms with Crippen molar-refractivity contribution in [2.75, 3.05) is 5.32 Å². The molecule has 0 fully saturated rings. The van der Waals surface area contributed by atoms with Crippen LogP contribution in [0.1, 0.15) is 17.1 Å². The van der Waals surface area contributed by atoms with Crippen LogP contribution >= 0.6 is 11.3 Å². The molecule has 9 heteroatoms. The third kappa shape index (κ3) is 4.19. The molecule has 0 aliphatic carbocycles. The van der Waals surface area contributed by atoms with E-state index in [1.54, 1.807) is 13.0 Å². The van der Waals surface area contributed by atoms with Gasteiger partial charge in [0.05, 0.1) is 23.5 Å². The van der Waals surface area contributed by atoms with E-state index in [2.05, 4.69) is 25.8 Å². The minimum atomic E-state index is -0.536. The predicted molar refractivity (Wildman–Crippen MR) is 108 cm³/mol. The molecular formula is C20H17FN6OS. The number of nitrogens with zero attached hydrogens (tertiary/aromatic N) is 5. The SMILES string of the molecule is Cc1ccc(-c2nc(CC(=O)Nc3cc(-n4nnnc4C)ccc3F)cs2)cc1. The second-order valence-electron chi connectivity index (χ2n) is 6.54. The number of tetrazole rings is 1. The number of hydrogen-bond donors (Lipinski definition) is 1. The molecule has 0 aliphatic heterocycles. The van der Waals surface area contributed by atoms with Crippen LogP contribution in [0.15, 0.2) is 47.8 Å². The summed E-state index contributed by atoms with van der Waals surface area (Å²) in [5, 5.41) is 16.5. The Hall–Kier alpha value is -3.46. The average molecular weight is 408 g/mol. The van der Waals surface area contributed by atoms with E-state index in [0.717, 1.165) is 10.6 Å². The summed E-state index contributed by atoms with van der Waals surface area (Å²) < 4.78 is 15.6. The van der Waals surface area contributed by atoms with Crippen LogP contribution in [0.4, 0.5) is 10.1 Å². The summed E-state index contributed by atoms with van der Waals surface area (Å²) in [4.78, 5) is 16.9. The molecule has 1 amide bonds. The molecule has 7 nitrogen and oxygen atoms in total. The van der Waals surface area contributed by atoms with Gasteiger partial charge in [0, 0.05) is 10.9 Å². The quantitative estimate of drug-likeness (QED) is 0.544. The van der Waals surface area contributed by atoms with Gasteiger partial charge in [-0.15, -0.1) is 16.4 Å². The van der Waals surface area contributed by atoms with Crippen molar-refractivity contribution in [1.82, 2.24) is 25.2 Å². The molecule has 2 aromatic carbocycles. The average Bonchev–Trinajstić information content (AvgIpc) is 3.33. The normalized spacial score (nSPS) is 10.9. The van der Waals surface area contributed by atoms with Crippen molar-refractivity contribution in [1.29, 1.82) is 0 Å². The number of thiazole rings is 1. The number of nitrogens with one attached hydrogen (secondary N) is 1. The summed E-state index contributed by atoms with van der Waals surface area (Å²) in [5.41, 5.74) is 3.43. The number of aromatic nitrogens is 5. The van der Waals surface area contributed by atoms with Crippen LogP contribution in [0, 0.1) is 19.7 Å². The van der Waals surface area contributed by atoms with E-state index in [4.69, 9.17) is 0 Å². The van der Waals surface area contributed by atoms with Crippen LogP contribution < -0.4 is 5.32 Å². The second kappa shape index (κ2) is 7.88. The van der Waals surface area contributed by atoms with Gasteiger partial charge in [-0.1, -0.05) is 29.8 Å². The first-order chi connectivity index (χ1) is 14.0. The highest BCUT2D eigenvalue weighted by molar-refractivity contribution is 7.13. The predicted octanol–water partition coefficient (Wildman–Crippen LogP) is 3.72. The van der Waals surface area contributed by atoms with E-state index in [0.29, 0.717) is 17.2 Å². The lowest BCUT2D eigenvalue weighted by Gasteiger charge is -2.08. The molecule has 4 rings (SSSR count). The Balaban J connectivity index is 1.48. The Morgan fingerprint density at radius 2 is 1.97 bits per heavy atom. The number of anilines is 1. The first kappa shape index (κ1) is 18.9. The molecule has 0 unspecified atom stereocenters. The summed E-state index contributed by atoms with van der Waals surface area (Å²) in [6, 6.07) is 12.3. The van der Waals surface area contributed by atoms with Gasteiger partial charge in [0.2, 0.25) is 5.91 Å². The maximum Gasteiger partial charge on any atom is 0.230 e. The molecule has 0 spiro atoms. The minimum Gasteiger partial charge on any atom is -0.323 e. The fourth-order valence-electron chi connectivity index (χ4n) is 2.79. The van der Waals surface area contributed by atoms with Crippen LogP contribution in [-0.4, -0.2) is 31.1 Å². The number of hydrogen-bond acceptors (Lipinski definition) is 6. The summed E-state index contributed by atoms with van der Waals surface area (Å²) in [6.07, 6.45) is 0.0515. The Kier molecular flexibility index (Phi) is 5.13. The standard InChI is InChI=1S/C20H17FN6OS/c1-12-3-5-14(6-4-12)20-22-15(11-29-20)9-19(28)23-18-10-16(7-8-17(18)21)27-13(2)24-25-26-27/h3-8,10-11H,9H2,1-2H3,(H,23,28). The summed E-state index contributed by atoms with van der Waals surface area (Å²) >= 11 is 1.47. The van der Waals surface area contributed by atoms with Gasteiger partial charge >= 0.3 is 0 Å². The van der Waals surface area contributed by atoms with Crippen molar-refractivity contribution in [3.63, 3.8) is 0 Å². The van der Waals surface area contributed by atoms with E-state index >= 15 is 0 Å². The molecule has 4 aromatic rings. The molecule has 0 radical (unpaired) electrons. The van der Waals surface area contributed by atoms with Gasteiger partial charge in [0.15, 0.2) is 5.82 Å². The van der Waals surface area contributed by atoms with E-state index < -0.39 is 5.82 Å². The molecule has 0 atom stereocenters. The number of amides is 1. The van der Waals surface area contributed by atoms with Gasteiger partial charge in [-0.05, 0) is 42.5 Å². The molecule has 0 saturated carbocycles. The van der Waals surface area contributed by atoms with Crippen molar-refractivity contribution >= 4 is 22.9 Å². The van der Waals surface area contributed by atoms with E-state index in [-0.39, 0.29) is 18.0 Å². The van der Waals surface area contributed by atoms with Crippen LogP contribution in [0.2, 0.25) is 0 Å². The molecule has 29 heavy (non-hydrogen) atoms. The minimum absolute atomic E-state index is 0.0515. The molecule has 1 N–H and O–H groups in total. The lowest BCUT2D eigenvalue weighted by atomic mass is 10.2. The smallest absolute Gasteiger partial charge is 0.230 e. The van der Waals surface area contributed by atoms with Gasteiger partial charge in [0.25, 0.3) is 0 Å². The van der Waals surface area contributed by atoms with Crippen molar-refractivity contribution in [2.24, 2.45) is 0 Å². The van der Waals surface area contributed by atoms with Gasteiger partial charge in [-0.2, -0.15) is 4.68 Å². The highest BCUT2D eigenvalue weighted by atomic mass is 32.1. The number of rotatable bonds is 5. The lowest BCUT2D eigenvalue weighted by molar-refractivity contribution is -0.115. The lowest BCUT2D eigenvalue weighted by Crippen LogP contribution is -2.16. The summed E-state index contributed by atoms with van der Waals surface area (Å²) in [5.74, 6) is -0.332. The number of benzene rings is 2. The van der Waals surface area contributed by atoms with Gasteiger partial charge in [-0.25, -0.2) is 9.37 Å². The topological polar surface area (TPSA) is 85.6 Å². The van der Waals surface area contributed by atoms with Crippen LogP contribution in [-0.2, 0) is 11.2 Å². The van der Waals surface area contributed by atoms with Crippen molar-refractivity contribution in [2.45, 2.75) is 20.3 Å². The Labute approximate surface area is 170 Å². The molecule has 146 valence electrons. The monoisotopic (exact) mass is 408 g/mol. The van der Waals surface area contributed by atoms with Gasteiger partial charge < -0.3 is 5.32 Å². The summed E-state index contributed by atoms with van der Waals surface area (Å²) in [6.45, 7) is 3.76. The molecule has 0 bridgehead atoms. The van der Waals surface area contributed by atoms with Gasteiger partial charge in [0.1, 0.15) is 10.8 Å². The second-order valence-corrected chi connectivity index (χ2v) is 7.40.